The first-order valence-corrected chi connectivity index (χ1v) is 9.62. The standard InChI is InChI=1S/C20H18N2O3S/c1-25-14-7-5-6-13(10-14)11-22-12-16(15-8-3-4-9-17(15)22)18-19(23)21-20(24)26(18)2/h3-10,12,18H,2,11H2,1H3,(H,21,23,24). The molecule has 4 rings (SSSR count). The molecule has 0 aliphatic carbocycles. The second-order valence-corrected chi connectivity index (χ2v) is 7.87. The first kappa shape index (κ1) is 16.6. The van der Waals surface area contributed by atoms with Gasteiger partial charge in [0, 0.05) is 29.2 Å². The molecule has 0 spiro atoms. The van der Waals surface area contributed by atoms with Crippen LogP contribution in [0.3, 0.4) is 0 Å². The molecule has 1 aliphatic rings. The Hall–Kier alpha value is -2.86. The average molecular weight is 366 g/mol. The Morgan fingerprint density at radius 2 is 2.00 bits per heavy atom. The first-order chi connectivity index (χ1) is 12.6. The minimum atomic E-state index is -0.914. The molecule has 0 radical (unpaired) electrons. The molecular formula is C20H18N2O3S. The fourth-order valence-corrected chi connectivity index (χ4v) is 4.60. The number of imide groups is 1. The molecule has 2 amide bonds. The van der Waals surface area contributed by atoms with E-state index < -0.39 is 15.7 Å². The SMILES string of the molecule is C=S1C(=O)NC(=O)C1c1cn(Cc2cccc(OC)c2)c2ccccc12. The molecule has 0 saturated carbocycles. The minimum Gasteiger partial charge on any atom is -0.497 e. The molecule has 2 atom stereocenters. The van der Waals surface area contributed by atoms with E-state index in [0.717, 1.165) is 27.8 Å². The van der Waals surface area contributed by atoms with Crippen LogP contribution in [0.1, 0.15) is 16.4 Å². The molecule has 2 aromatic carbocycles. The van der Waals surface area contributed by atoms with Crippen molar-refractivity contribution in [1.29, 1.82) is 0 Å². The predicted molar refractivity (Wildman–Crippen MR) is 105 cm³/mol. The van der Waals surface area contributed by atoms with Crippen molar-refractivity contribution in [2.45, 2.75) is 11.8 Å². The number of carbonyl (C=O) groups excluding carboxylic acids is 2. The maximum absolute atomic E-state index is 12.3. The maximum Gasteiger partial charge on any atom is 0.280 e. The van der Waals surface area contributed by atoms with Crippen LogP contribution < -0.4 is 10.1 Å². The van der Waals surface area contributed by atoms with Crippen LogP contribution in [0.4, 0.5) is 4.79 Å². The van der Waals surface area contributed by atoms with Crippen LogP contribution >= 0.6 is 10.5 Å². The Balaban J connectivity index is 1.80. The minimum absolute atomic E-state index is 0.266. The fraction of sp³-hybridized carbons (Fsp3) is 0.150. The number of methoxy groups -OCH3 is 1. The maximum atomic E-state index is 12.3. The lowest BCUT2D eigenvalue weighted by atomic mass is 10.1. The fourth-order valence-electron chi connectivity index (χ4n) is 3.34. The Bertz CT molecular complexity index is 1050. The summed E-state index contributed by atoms with van der Waals surface area (Å²) in [5, 5.41) is 2.56. The van der Waals surface area contributed by atoms with Crippen LogP contribution in [-0.2, 0) is 11.3 Å². The number of hydrogen-bond acceptors (Lipinski definition) is 3. The van der Waals surface area contributed by atoms with E-state index in [4.69, 9.17) is 4.74 Å². The van der Waals surface area contributed by atoms with Gasteiger partial charge in [-0.3, -0.25) is 14.9 Å². The molecule has 1 aromatic heterocycles. The van der Waals surface area contributed by atoms with E-state index in [-0.39, 0.29) is 11.1 Å². The Morgan fingerprint density at radius 1 is 1.19 bits per heavy atom. The van der Waals surface area contributed by atoms with Crippen LogP contribution in [0.15, 0.2) is 54.7 Å². The molecule has 2 unspecified atom stereocenters. The number of aromatic nitrogens is 1. The predicted octanol–water partition coefficient (Wildman–Crippen LogP) is 3.69. The van der Waals surface area contributed by atoms with Crippen LogP contribution in [0, 0.1) is 0 Å². The van der Waals surface area contributed by atoms with Crippen molar-refractivity contribution in [3.63, 3.8) is 0 Å². The second kappa shape index (κ2) is 6.46. The molecule has 1 saturated heterocycles. The van der Waals surface area contributed by atoms with Crippen LogP contribution in [0.25, 0.3) is 10.9 Å². The average Bonchev–Trinajstić information content (AvgIpc) is 3.12. The van der Waals surface area contributed by atoms with Gasteiger partial charge in [0.05, 0.1) is 7.11 Å². The van der Waals surface area contributed by atoms with Crippen molar-refractivity contribution in [2.24, 2.45) is 0 Å². The summed E-state index contributed by atoms with van der Waals surface area (Å²) in [6.07, 6.45) is 1.97. The van der Waals surface area contributed by atoms with Crippen LogP contribution in [0.5, 0.6) is 5.75 Å². The highest BCUT2D eigenvalue weighted by atomic mass is 32.2. The highest BCUT2D eigenvalue weighted by Crippen LogP contribution is 2.42. The van der Waals surface area contributed by atoms with E-state index in [1.165, 1.54) is 0 Å². The van der Waals surface area contributed by atoms with Gasteiger partial charge in [0.2, 0.25) is 5.91 Å². The van der Waals surface area contributed by atoms with Gasteiger partial charge >= 0.3 is 0 Å². The third-order valence-corrected chi connectivity index (χ3v) is 6.19. The van der Waals surface area contributed by atoms with Crippen molar-refractivity contribution in [2.75, 3.05) is 7.11 Å². The van der Waals surface area contributed by atoms with Gasteiger partial charge in [-0.15, -0.1) is 0 Å². The third kappa shape index (κ3) is 2.72. The number of carbonyl (C=O) groups is 2. The van der Waals surface area contributed by atoms with Crippen LogP contribution in [0.2, 0.25) is 0 Å². The lowest BCUT2D eigenvalue weighted by Crippen LogP contribution is -2.20. The molecule has 5 nitrogen and oxygen atoms in total. The van der Waals surface area contributed by atoms with Crippen LogP contribution in [-0.4, -0.2) is 28.7 Å². The van der Waals surface area contributed by atoms with Crippen molar-refractivity contribution in [3.8, 4) is 5.75 Å². The van der Waals surface area contributed by atoms with Crippen molar-refractivity contribution in [1.82, 2.24) is 9.88 Å². The number of benzene rings is 2. The van der Waals surface area contributed by atoms with E-state index in [0.29, 0.717) is 6.54 Å². The summed E-state index contributed by atoms with van der Waals surface area (Å²) in [7, 11) is 0.733. The zero-order valence-corrected chi connectivity index (χ0v) is 15.1. The topological polar surface area (TPSA) is 60.3 Å². The van der Waals surface area contributed by atoms with Gasteiger partial charge < -0.3 is 9.30 Å². The summed E-state index contributed by atoms with van der Waals surface area (Å²) in [6.45, 7) is 0.644. The summed E-state index contributed by atoms with van der Waals surface area (Å²) in [5.74, 6) is 4.46. The largest absolute Gasteiger partial charge is 0.497 e. The highest BCUT2D eigenvalue weighted by molar-refractivity contribution is 8.28. The monoisotopic (exact) mass is 366 g/mol. The highest BCUT2D eigenvalue weighted by Gasteiger charge is 2.37. The summed E-state index contributed by atoms with van der Waals surface area (Å²) in [6, 6.07) is 15.8. The summed E-state index contributed by atoms with van der Waals surface area (Å²) in [4.78, 5) is 24.2. The summed E-state index contributed by atoms with van der Waals surface area (Å²) < 4.78 is 7.40. The number of nitrogens with one attached hydrogen (secondary N) is 1. The Labute approximate surface area is 153 Å². The number of para-hydroxylation sites is 1. The molecule has 132 valence electrons. The summed E-state index contributed by atoms with van der Waals surface area (Å²) >= 11 is 0. The number of amides is 2. The quantitative estimate of drug-likeness (QED) is 0.717. The van der Waals surface area contributed by atoms with Gasteiger partial charge in [-0.25, -0.2) is 0 Å². The number of hydrogen-bond donors (Lipinski definition) is 1. The molecule has 1 fully saturated rings. The zero-order valence-electron chi connectivity index (χ0n) is 14.3. The van der Waals surface area contributed by atoms with Crippen molar-refractivity contribution in [3.05, 3.63) is 65.9 Å². The first-order valence-electron chi connectivity index (χ1n) is 8.17. The number of fused-ring (bicyclic) bond motifs is 1. The van der Waals surface area contributed by atoms with Gasteiger partial charge in [-0.1, -0.05) is 46.7 Å². The molecule has 1 N–H and O–H groups in total. The van der Waals surface area contributed by atoms with E-state index in [1.54, 1.807) is 7.11 Å². The molecule has 6 heteroatoms. The van der Waals surface area contributed by atoms with Gasteiger partial charge in [0.15, 0.2) is 0 Å². The molecular weight excluding hydrogens is 348 g/mol. The van der Waals surface area contributed by atoms with Gasteiger partial charge in [-0.05, 0) is 23.8 Å². The lowest BCUT2D eigenvalue weighted by Gasteiger charge is -2.07. The Morgan fingerprint density at radius 3 is 2.73 bits per heavy atom. The van der Waals surface area contributed by atoms with Gasteiger partial charge in [0.1, 0.15) is 11.0 Å². The smallest absolute Gasteiger partial charge is 0.280 e. The normalized spacial score (nSPS) is 19.7. The molecule has 26 heavy (non-hydrogen) atoms. The second-order valence-electron chi connectivity index (χ2n) is 6.17. The van der Waals surface area contributed by atoms with Crippen molar-refractivity contribution < 1.29 is 14.3 Å². The van der Waals surface area contributed by atoms with Gasteiger partial charge in [-0.2, -0.15) is 0 Å². The molecule has 1 aliphatic heterocycles. The number of nitrogens with zero attached hydrogens (tertiary/aromatic N) is 1. The third-order valence-electron chi connectivity index (χ3n) is 4.57. The summed E-state index contributed by atoms with van der Waals surface area (Å²) in [5.41, 5.74) is 2.97. The van der Waals surface area contributed by atoms with E-state index in [2.05, 4.69) is 15.8 Å². The Kier molecular flexibility index (Phi) is 4.12. The molecule has 2 heterocycles. The van der Waals surface area contributed by atoms with E-state index in [1.807, 2.05) is 54.7 Å². The van der Waals surface area contributed by atoms with E-state index in [9.17, 15) is 9.59 Å². The van der Waals surface area contributed by atoms with Gasteiger partial charge in [0.25, 0.3) is 5.24 Å². The zero-order chi connectivity index (χ0) is 18.3. The van der Waals surface area contributed by atoms with E-state index >= 15 is 0 Å². The lowest BCUT2D eigenvalue weighted by molar-refractivity contribution is -0.119. The number of rotatable bonds is 4. The van der Waals surface area contributed by atoms with Crippen molar-refractivity contribution >= 4 is 38.4 Å². The number of ether oxygens (including phenoxy) is 1. The molecule has 3 aromatic rings. The molecule has 0 bridgehead atoms.